The van der Waals surface area contributed by atoms with Crippen molar-refractivity contribution in [2.75, 3.05) is 23.3 Å². The van der Waals surface area contributed by atoms with Crippen molar-refractivity contribution >= 4 is 17.3 Å². The molecule has 1 saturated carbocycles. The number of fused-ring (bicyclic) bond motifs is 1. The molecule has 2 aromatic rings. The minimum absolute atomic E-state index is 0.0692. The lowest BCUT2D eigenvalue weighted by molar-refractivity contribution is 0.0666. The summed E-state index contributed by atoms with van der Waals surface area (Å²) in [6.07, 6.45) is 6.06. The van der Waals surface area contributed by atoms with E-state index in [1.807, 2.05) is 24.3 Å². The Morgan fingerprint density at radius 3 is 2.35 bits per heavy atom. The zero-order chi connectivity index (χ0) is 17.5. The zero-order valence-electron chi connectivity index (χ0n) is 15.0. The lowest BCUT2D eigenvalue weighted by atomic mass is 10.0. The molecule has 3 aliphatic rings. The number of para-hydroxylation sites is 1. The molecule has 2 aromatic carbocycles. The fourth-order valence-corrected chi connectivity index (χ4v) is 4.26. The molecule has 1 amide bonds. The predicted molar refractivity (Wildman–Crippen MR) is 105 cm³/mol. The van der Waals surface area contributed by atoms with Gasteiger partial charge in [-0.1, -0.05) is 24.3 Å². The van der Waals surface area contributed by atoms with E-state index in [2.05, 4.69) is 39.4 Å². The molecule has 0 bridgehead atoms. The quantitative estimate of drug-likeness (QED) is 0.893. The van der Waals surface area contributed by atoms with E-state index in [-0.39, 0.29) is 12.1 Å². The maximum absolute atomic E-state index is 13.1. The van der Waals surface area contributed by atoms with Crippen LogP contribution in [0.2, 0.25) is 0 Å². The molecule has 0 unspecified atom stereocenters. The maximum Gasteiger partial charge on any atom is 0.258 e. The van der Waals surface area contributed by atoms with Crippen LogP contribution >= 0.6 is 0 Å². The second kappa shape index (κ2) is 6.35. The molecule has 134 valence electrons. The molecule has 5 rings (SSSR count). The van der Waals surface area contributed by atoms with Crippen LogP contribution in [-0.4, -0.2) is 29.9 Å². The lowest BCUT2D eigenvalue weighted by Gasteiger charge is -2.38. The van der Waals surface area contributed by atoms with Gasteiger partial charge in [0, 0.05) is 30.5 Å². The largest absolute Gasteiger partial charge is 0.372 e. The summed E-state index contributed by atoms with van der Waals surface area (Å²) >= 11 is 0. The first-order chi connectivity index (χ1) is 12.8. The van der Waals surface area contributed by atoms with E-state index in [1.165, 1.54) is 30.5 Å². The summed E-state index contributed by atoms with van der Waals surface area (Å²) in [5, 5.41) is 3.61. The summed E-state index contributed by atoms with van der Waals surface area (Å²) < 4.78 is 0. The Hall–Kier alpha value is -2.49. The number of carbonyl (C=O) groups is 1. The molecule has 1 N–H and O–H groups in total. The van der Waals surface area contributed by atoms with Gasteiger partial charge < -0.3 is 15.1 Å². The number of nitrogens with zero attached hydrogens (tertiary/aromatic N) is 2. The van der Waals surface area contributed by atoms with Crippen molar-refractivity contribution in [3.05, 3.63) is 59.7 Å². The summed E-state index contributed by atoms with van der Waals surface area (Å²) in [5.74, 6) is 0.159. The molecule has 2 aliphatic heterocycles. The van der Waals surface area contributed by atoms with Gasteiger partial charge in [-0.3, -0.25) is 4.79 Å². The third-order valence-corrected chi connectivity index (χ3v) is 5.83. The van der Waals surface area contributed by atoms with Gasteiger partial charge in [-0.05, 0) is 61.9 Å². The minimum atomic E-state index is -0.0692. The van der Waals surface area contributed by atoms with Crippen LogP contribution in [0.15, 0.2) is 48.5 Å². The highest BCUT2D eigenvalue weighted by molar-refractivity contribution is 6.02. The van der Waals surface area contributed by atoms with Gasteiger partial charge >= 0.3 is 0 Å². The van der Waals surface area contributed by atoms with Gasteiger partial charge in [0.1, 0.15) is 6.17 Å². The minimum Gasteiger partial charge on any atom is -0.372 e. The predicted octanol–water partition coefficient (Wildman–Crippen LogP) is 4.41. The summed E-state index contributed by atoms with van der Waals surface area (Å²) in [5.41, 5.74) is 4.20. The van der Waals surface area contributed by atoms with Gasteiger partial charge in [-0.2, -0.15) is 0 Å². The SMILES string of the molecule is O=C1c2ccccc2N[C@H](c2ccc(N3CCCCC3)cc2)N1C1CC1. The highest BCUT2D eigenvalue weighted by Gasteiger charge is 2.41. The number of carbonyl (C=O) groups excluding carboxylic acids is 1. The Balaban J connectivity index is 1.45. The smallest absolute Gasteiger partial charge is 0.258 e. The molecule has 2 heterocycles. The highest BCUT2D eigenvalue weighted by atomic mass is 16.2. The molecule has 0 spiro atoms. The normalized spacial score (nSPS) is 22.8. The summed E-state index contributed by atoms with van der Waals surface area (Å²) in [7, 11) is 0. The van der Waals surface area contributed by atoms with Crippen molar-refractivity contribution in [3.8, 4) is 0 Å². The van der Waals surface area contributed by atoms with Crippen molar-refractivity contribution < 1.29 is 4.79 Å². The molecule has 0 radical (unpaired) electrons. The zero-order valence-corrected chi connectivity index (χ0v) is 15.0. The first-order valence-electron chi connectivity index (χ1n) is 9.84. The number of anilines is 2. The van der Waals surface area contributed by atoms with Gasteiger partial charge in [-0.15, -0.1) is 0 Å². The summed E-state index contributed by atoms with van der Waals surface area (Å²) in [4.78, 5) is 17.6. The molecule has 26 heavy (non-hydrogen) atoms. The third-order valence-electron chi connectivity index (χ3n) is 5.83. The Labute approximate surface area is 154 Å². The van der Waals surface area contributed by atoms with E-state index in [4.69, 9.17) is 0 Å². The van der Waals surface area contributed by atoms with Gasteiger partial charge in [0.25, 0.3) is 5.91 Å². The molecule has 1 atom stereocenters. The first kappa shape index (κ1) is 15.7. The number of benzene rings is 2. The highest BCUT2D eigenvalue weighted by Crippen LogP contribution is 2.41. The van der Waals surface area contributed by atoms with Crippen LogP contribution < -0.4 is 10.2 Å². The second-order valence-electron chi connectivity index (χ2n) is 7.68. The van der Waals surface area contributed by atoms with Gasteiger partial charge in [-0.25, -0.2) is 0 Å². The van der Waals surface area contributed by atoms with E-state index in [1.54, 1.807) is 0 Å². The van der Waals surface area contributed by atoms with Crippen LogP contribution in [-0.2, 0) is 0 Å². The average Bonchev–Trinajstić information content (AvgIpc) is 3.54. The number of nitrogens with one attached hydrogen (secondary N) is 1. The van der Waals surface area contributed by atoms with Crippen molar-refractivity contribution in [2.24, 2.45) is 0 Å². The summed E-state index contributed by atoms with van der Waals surface area (Å²) in [6, 6.07) is 17.1. The van der Waals surface area contributed by atoms with Crippen LogP contribution in [0.5, 0.6) is 0 Å². The Morgan fingerprint density at radius 2 is 1.62 bits per heavy atom. The lowest BCUT2D eigenvalue weighted by Crippen LogP contribution is -2.44. The molecular formula is C22H25N3O. The molecule has 4 nitrogen and oxygen atoms in total. The molecule has 2 fully saturated rings. The second-order valence-corrected chi connectivity index (χ2v) is 7.68. The molecular weight excluding hydrogens is 322 g/mol. The van der Waals surface area contributed by atoms with Crippen LogP contribution in [0.4, 0.5) is 11.4 Å². The van der Waals surface area contributed by atoms with E-state index in [0.29, 0.717) is 6.04 Å². The fraction of sp³-hybridized carbons (Fsp3) is 0.409. The number of piperidine rings is 1. The Kier molecular flexibility index (Phi) is 3.84. The van der Waals surface area contributed by atoms with Gasteiger partial charge in [0.05, 0.1) is 5.56 Å². The molecule has 4 heteroatoms. The number of amides is 1. The van der Waals surface area contributed by atoms with Crippen LogP contribution in [0.3, 0.4) is 0 Å². The van der Waals surface area contributed by atoms with E-state index in [0.717, 1.165) is 37.2 Å². The van der Waals surface area contributed by atoms with Gasteiger partial charge in [0.15, 0.2) is 0 Å². The topological polar surface area (TPSA) is 35.6 Å². The van der Waals surface area contributed by atoms with E-state index >= 15 is 0 Å². The van der Waals surface area contributed by atoms with Crippen LogP contribution in [0, 0.1) is 0 Å². The third kappa shape index (κ3) is 2.74. The summed E-state index contributed by atoms with van der Waals surface area (Å²) in [6.45, 7) is 2.31. The van der Waals surface area contributed by atoms with E-state index < -0.39 is 0 Å². The maximum atomic E-state index is 13.1. The van der Waals surface area contributed by atoms with Crippen molar-refractivity contribution in [1.82, 2.24) is 4.90 Å². The van der Waals surface area contributed by atoms with Gasteiger partial charge in [0.2, 0.25) is 0 Å². The molecule has 1 aliphatic carbocycles. The molecule has 0 aromatic heterocycles. The standard InChI is InChI=1S/C22H25N3O/c26-22-19-6-2-3-7-20(19)23-21(25(22)18-12-13-18)16-8-10-17(11-9-16)24-14-4-1-5-15-24/h2-3,6-11,18,21,23H,1,4-5,12-15H2/t21-/m0/s1. The first-order valence-corrected chi connectivity index (χ1v) is 9.84. The molecule has 1 saturated heterocycles. The monoisotopic (exact) mass is 347 g/mol. The van der Waals surface area contributed by atoms with Crippen molar-refractivity contribution in [2.45, 2.75) is 44.3 Å². The fourth-order valence-electron chi connectivity index (χ4n) is 4.26. The Morgan fingerprint density at radius 1 is 0.885 bits per heavy atom. The van der Waals surface area contributed by atoms with Crippen molar-refractivity contribution in [3.63, 3.8) is 0 Å². The van der Waals surface area contributed by atoms with Crippen molar-refractivity contribution in [1.29, 1.82) is 0 Å². The number of hydrogen-bond donors (Lipinski definition) is 1. The Bertz CT molecular complexity index is 806. The number of rotatable bonds is 3. The van der Waals surface area contributed by atoms with Crippen LogP contribution in [0.25, 0.3) is 0 Å². The van der Waals surface area contributed by atoms with E-state index in [9.17, 15) is 4.79 Å². The number of hydrogen-bond acceptors (Lipinski definition) is 3. The average molecular weight is 347 g/mol. The van der Waals surface area contributed by atoms with Crippen LogP contribution in [0.1, 0.15) is 54.2 Å².